The van der Waals surface area contributed by atoms with Crippen molar-refractivity contribution in [1.29, 1.82) is 5.26 Å². The molecule has 5 nitrogen and oxygen atoms in total. The molecule has 6 heteroatoms. The quantitative estimate of drug-likeness (QED) is 0.783. The fourth-order valence-electron chi connectivity index (χ4n) is 1.91. The van der Waals surface area contributed by atoms with Gasteiger partial charge in [-0.05, 0) is 36.4 Å². The Morgan fingerprint density at radius 3 is 2.60 bits per heavy atom. The first kappa shape index (κ1) is 12.3. The average molecular weight is 285 g/mol. The topological polar surface area (TPSA) is 80.8 Å². The van der Waals surface area contributed by atoms with Crippen LogP contribution in [0.2, 0.25) is 5.02 Å². The Morgan fingerprint density at radius 1 is 1.25 bits per heavy atom. The minimum Gasteiger partial charge on any atom is -0.463 e. The Morgan fingerprint density at radius 2 is 2.00 bits per heavy atom. The van der Waals surface area contributed by atoms with Gasteiger partial charge in [0, 0.05) is 5.02 Å². The van der Waals surface area contributed by atoms with Gasteiger partial charge in [0.15, 0.2) is 5.76 Å². The van der Waals surface area contributed by atoms with Crippen LogP contribution >= 0.6 is 11.6 Å². The smallest absolute Gasteiger partial charge is 0.155 e. The Balaban J connectivity index is 2.19. The largest absolute Gasteiger partial charge is 0.463 e. The van der Waals surface area contributed by atoms with Crippen molar-refractivity contribution < 1.29 is 4.42 Å². The van der Waals surface area contributed by atoms with Gasteiger partial charge in [-0.15, -0.1) is 0 Å². The van der Waals surface area contributed by atoms with Crippen molar-refractivity contribution in [2.45, 2.75) is 0 Å². The number of furan rings is 1. The lowest BCUT2D eigenvalue weighted by Crippen LogP contribution is -2.02. The van der Waals surface area contributed by atoms with E-state index in [1.165, 1.54) is 10.9 Å². The fraction of sp³-hybridized carbons (Fsp3) is 0. The van der Waals surface area contributed by atoms with Crippen LogP contribution in [0.15, 0.2) is 47.1 Å². The molecule has 0 amide bonds. The van der Waals surface area contributed by atoms with Crippen LogP contribution in [0.1, 0.15) is 5.56 Å². The molecule has 0 saturated carbocycles. The first-order chi connectivity index (χ1) is 9.70. The average Bonchev–Trinajstić information content (AvgIpc) is 3.07. The van der Waals surface area contributed by atoms with Gasteiger partial charge in [-0.3, -0.25) is 0 Å². The van der Waals surface area contributed by atoms with Crippen LogP contribution in [-0.2, 0) is 0 Å². The van der Waals surface area contributed by atoms with Gasteiger partial charge in [0.25, 0.3) is 0 Å². The van der Waals surface area contributed by atoms with E-state index in [-0.39, 0.29) is 11.4 Å². The maximum absolute atomic E-state index is 9.26. The molecule has 0 unspecified atom stereocenters. The van der Waals surface area contributed by atoms with Crippen molar-refractivity contribution in [1.82, 2.24) is 9.78 Å². The van der Waals surface area contributed by atoms with Crippen LogP contribution < -0.4 is 5.73 Å². The molecule has 3 rings (SSSR count). The molecule has 98 valence electrons. The standard InChI is InChI=1S/C14H9ClN4O/c15-9-3-5-10(6-4-9)19-14(17)11(8-16)13(18-19)12-2-1-7-20-12/h1-7H,17H2. The minimum atomic E-state index is 0.265. The van der Waals surface area contributed by atoms with Gasteiger partial charge < -0.3 is 10.2 Å². The Hall–Kier alpha value is -2.71. The number of anilines is 1. The molecule has 2 aromatic heterocycles. The molecule has 0 spiro atoms. The van der Waals surface area contributed by atoms with Crippen LogP contribution in [0.4, 0.5) is 5.82 Å². The van der Waals surface area contributed by atoms with Crippen LogP contribution in [0.3, 0.4) is 0 Å². The summed E-state index contributed by atoms with van der Waals surface area (Å²) in [6.07, 6.45) is 1.52. The highest BCUT2D eigenvalue weighted by Gasteiger charge is 2.19. The van der Waals surface area contributed by atoms with E-state index in [1.807, 2.05) is 0 Å². The third kappa shape index (κ3) is 1.92. The highest BCUT2D eigenvalue weighted by atomic mass is 35.5. The second kappa shape index (κ2) is 4.76. The van der Waals surface area contributed by atoms with E-state index in [4.69, 9.17) is 21.8 Å². The predicted molar refractivity (Wildman–Crippen MR) is 75.4 cm³/mol. The third-order valence-corrected chi connectivity index (χ3v) is 3.11. The zero-order valence-electron chi connectivity index (χ0n) is 10.2. The van der Waals surface area contributed by atoms with Crippen LogP contribution in [0.5, 0.6) is 0 Å². The second-order valence-electron chi connectivity index (χ2n) is 4.09. The third-order valence-electron chi connectivity index (χ3n) is 2.86. The molecule has 0 saturated heterocycles. The normalized spacial score (nSPS) is 10.4. The van der Waals surface area contributed by atoms with Gasteiger partial charge >= 0.3 is 0 Å². The molecule has 3 aromatic rings. The fourth-order valence-corrected chi connectivity index (χ4v) is 2.03. The maximum atomic E-state index is 9.26. The number of hydrogen-bond donors (Lipinski definition) is 1. The minimum absolute atomic E-state index is 0.265. The lowest BCUT2D eigenvalue weighted by Gasteiger charge is -2.03. The van der Waals surface area contributed by atoms with E-state index in [0.717, 1.165) is 5.69 Å². The van der Waals surface area contributed by atoms with Crippen molar-refractivity contribution in [3.8, 4) is 23.2 Å². The van der Waals surface area contributed by atoms with Crippen molar-refractivity contribution in [2.24, 2.45) is 0 Å². The first-order valence-electron chi connectivity index (χ1n) is 5.79. The zero-order chi connectivity index (χ0) is 14.1. The summed E-state index contributed by atoms with van der Waals surface area (Å²) in [7, 11) is 0. The number of nitrogen functional groups attached to an aromatic ring is 1. The number of rotatable bonds is 2. The van der Waals surface area contributed by atoms with E-state index in [9.17, 15) is 5.26 Å². The summed E-state index contributed by atoms with van der Waals surface area (Å²) < 4.78 is 6.77. The van der Waals surface area contributed by atoms with Crippen molar-refractivity contribution in [2.75, 3.05) is 5.73 Å². The van der Waals surface area contributed by atoms with E-state index in [2.05, 4.69) is 11.2 Å². The lowest BCUT2D eigenvalue weighted by atomic mass is 10.2. The number of benzene rings is 1. The summed E-state index contributed by atoms with van der Waals surface area (Å²) in [5.41, 5.74) is 7.43. The van der Waals surface area contributed by atoms with Crippen molar-refractivity contribution in [3.05, 3.63) is 53.2 Å². The molecule has 0 atom stereocenters. The highest BCUT2D eigenvalue weighted by Crippen LogP contribution is 2.29. The van der Waals surface area contributed by atoms with Crippen LogP contribution in [0.25, 0.3) is 17.1 Å². The molecular weight excluding hydrogens is 276 g/mol. The van der Waals surface area contributed by atoms with Crippen molar-refractivity contribution >= 4 is 17.4 Å². The molecular formula is C14H9ClN4O. The molecule has 20 heavy (non-hydrogen) atoms. The molecule has 0 radical (unpaired) electrons. The van der Waals surface area contributed by atoms with E-state index < -0.39 is 0 Å². The maximum Gasteiger partial charge on any atom is 0.155 e. The van der Waals surface area contributed by atoms with Gasteiger partial charge in [0.05, 0.1) is 12.0 Å². The first-order valence-corrected chi connectivity index (χ1v) is 6.17. The molecule has 1 aromatic carbocycles. The van der Waals surface area contributed by atoms with E-state index >= 15 is 0 Å². The number of nitrogens with two attached hydrogens (primary N) is 1. The number of hydrogen-bond acceptors (Lipinski definition) is 4. The molecule has 2 N–H and O–H groups in total. The summed E-state index contributed by atoms with van der Waals surface area (Å²) in [5, 5.41) is 14.2. The Bertz CT molecular complexity index is 782. The van der Waals surface area contributed by atoms with Gasteiger partial charge in [-0.1, -0.05) is 11.6 Å². The summed E-state index contributed by atoms with van der Waals surface area (Å²) in [4.78, 5) is 0. The summed E-state index contributed by atoms with van der Waals surface area (Å²) in [5.74, 6) is 0.766. The number of aromatic nitrogens is 2. The van der Waals surface area contributed by atoms with Gasteiger partial charge in [-0.25, -0.2) is 4.68 Å². The molecule has 0 aliphatic carbocycles. The molecule has 2 heterocycles. The van der Waals surface area contributed by atoms with Gasteiger partial charge in [0.2, 0.25) is 0 Å². The molecule has 0 aliphatic heterocycles. The summed E-state index contributed by atoms with van der Waals surface area (Å²) >= 11 is 5.86. The molecule has 0 fully saturated rings. The highest BCUT2D eigenvalue weighted by molar-refractivity contribution is 6.30. The lowest BCUT2D eigenvalue weighted by molar-refractivity contribution is 0.579. The zero-order valence-corrected chi connectivity index (χ0v) is 11.0. The molecule has 0 bridgehead atoms. The van der Waals surface area contributed by atoms with E-state index in [1.54, 1.807) is 36.4 Å². The Labute approximate surface area is 119 Å². The van der Waals surface area contributed by atoms with Crippen LogP contribution in [-0.4, -0.2) is 9.78 Å². The summed E-state index contributed by atoms with van der Waals surface area (Å²) in [6.45, 7) is 0. The SMILES string of the molecule is N#Cc1c(-c2ccco2)nn(-c2ccc(Cl)cc2)c1N. The second-order valence-corrected chi connectivity index (χ2v) is 4.52. The van der Waals surface area contributed by atoms with E-state index in [0.29, 0.717) is 16.5 Å². The van der Waals surface area contributed by atoms with Gasteiger partial charge in [0.1, 0.15) is 23.1 Å². The number of halogens is 1. The van der Waals surface area contributed by atoms with Crippen LogP contribution in [0, 0.1) is 11.3 Å². The number of nitriles is 1. The van der Waals surface area contributed by atoms with Gasteiger partial charge in [-0.2, -0.15) is 10.4 Å². The number of nitrogens with zero attached hydrogens (tertiary/aromatic N) is 3. The monoisotopic (exact) mass is 284 g/mol. The van der Waals surface area contributed by atoms with Crippen molar-refractivity contribution in [3.63, 3.8) is 0 Å². The predicted octanol–water partition coefficient (Wildman–Crippen LogP) is 3.24. The summed E-state index contributed by atoms with van der Waals surface area (Å²) in [6, 6.07) is 12.5. The Kier molecular flexibility index (Phi) is 2.93. The molecule has 0 aliphatic rings.